The van der Waals surface area contributed by atoms with Gasteiger partial charge >= 0.3 is 0 Å². The molecule has 1 saturated heterocycles. The minimum Gasteiger partial charge on any atom is -0.330 e. The van der Waals surface area contributed by atoms with Gasteiger partial charge in [0.25, 0.3) is 0 Å². The van der Waals surface area contributed by atoms with Crippen molar-refractivity contribution >= 4 is 24.0 Å². The van der Waals surface area contributed by atoms with Gasteiger partial charge < -0.3 is 15.2 Å². The molecule has 2 heterocycles. The molecular weight excluding hydrogens is 324 g/mol. The Balaban J connectivity index is 0.00000208. The van der Waals surface area contributed by atoms with Gasteiger partial charge in [-0.2, -0.15) is 0 Å². The van der Waals surface area contributed by atoms with Crippen LogP contribution in [0.15, 0.2) is 36.7 Å². The van der Waals surface area contributed by atoms with Gasteiger partial charge in [-0.15, -0.1) is 12.4 Å². The fourth-order valence-corrected chi connectivity index (χ4v) is 3.04. The Morgan fingerprint density at radius 1 is 1.46 bits per heavy atom. The lowest BCUT2D eigenvalue weighted by molar-refractivity contribution is -0.117. The lowest BCUT2D eigenvalue weighted by Crippen LogP contribution is -2.35. The molecule has 1 fully saturated rings. The highest BCUT2D eigenvalue weighted by Gasteiger charge is 2.21. The Morgan fingerprint density at radius 3 is 3.00 bits per heavy atom. The van der Waals surface area contributed by atoms with Crippen molar-refractivity contribution < 1.29 is 4.79 Å². The lowest BCUT2D eigenvalue weighted by atomic mass is 10.1. The summed E-state index contributed by atoms with van der Waals surface area (Å²) in [5, 5.41) is 6.24. The zero-order valence-electron chi connectivity index (χ0n) is 14.2. The van der Waals surface area contributed by atoms with Gasteiger partial charge in [0.1, 0.15) is 5.82 Å². The maximum absolute atomic E-state index is 12.2. The van der Waals surface area contributed by atoms with Crippen LogP contribution in [0.25, 0.3) is 0 Å². The zero-order chi connectivity index (χ0) is 16.2. The molecule has 1 atom stereocenters. The largest absolute Gasteiger partial charge is 0.330 e. The average Bonchev–Trinajstić information content (AvgIpc) is 3.18. The van der Waals surface area contributed by atoms with Crippen molar-refractivity contribution in [2.75, 3.05) is 11.9 Å². The molecule has 1 aliphatic heterocycles. The summed E-state index contributed by atoms with van der Waals surface area (Å²) in [7, 11) is 0. The van der Waals surface area contributed by atoms with Gasteiger partial charge in [0.05, 0.1) is 6.04 Å². The average molecular weight is 349 g/mol. The summed E-state index contributed by atoms with van der Waals surface area (Å²) < 4.78 is 2.16. The molecular formula is C18H25ClN4O. The highest BCUT2D eigenvalue weighted by atomic mass is 35.5. The second-order valence-corrected chi connectivity index (χ2v) is 6.41. The number of halogens is 1. The van der Waals surface area contributed by atoms with Crippen LogP contribution in [0, 0.1) is 0 Å². The molecule has 2 aromatic rings. The number of imidazole rings is 1. The number of carbonyl (C=O) groups excluding carboxylic acids is 1. The summed E-state index contributed by atoms with van der Waals surface area (Å²) in [6, 6.07) is 7.98. The van der Waals surface area contributed by atoms with E-state index < -0.39 is 0 Å². The van der Waals surface area contributed by atoms with Crippen LogP contribution >= 0.6 is 12.4 Å². The topological polar surface area (TPSA) is 59.0 Å². The van der Waals surface area contributed by atoms with Gasteiger partial charge in [-0.3, -0.25) is 4.79 Å². The summed E-state index contributed by atoms with van der Waals surface area (Å²) in [5.74, 6) is 1.53. The number of amides is 1. The number of hydrogen-bond acceptors (Lipinski definition) is 3. The molecule has 0 radical (unpaired) electrons. The first kappa shape index (κ1) is 18.5. The van der Waals surface area contributed by atoms with Crippen LogP contribution in [-0.2, 0) is 11.3 Å². The number of aromatic nitrogens is 2. The SMILES string of the molecule is CC(C)c1nccn1Cc1cccc(NC(=O)C2CCCN2)c1.Cl. The van der Waals surface area contributed by atoms with Crippen LogP contribution in [0.5, 0.6) is 0 Å². The van der Waals surface area contributed by atoms with E-state index in [4.69, 9.17) is 0 Å². The molecule has 3 rings (SSSR count). The number of hydrogen-bond donors (Lipinski definition) is 2. The normalized spacial score (nSPS) is 16.9. The van der Waals surface area contributed by atoms with Crippen LogP contribution in [0.3, 0.4) is 0 Å². The number of rotatable bonds is 5. The standard InChI is InChI=1S/C18H24N4O.ClH/c1-13(2)17-20-9-10-22(17)12-14-5-3-6-15(11-14)21-18(23)16-7-4-8-19-16;/h3,5-6,9-11,13,16,19H,4,7-8,12H2,1-2H3,(H,21,23);1H. The number of anilines is 1. The van der Waals surface area contributed by atoms with Crippen LogP contribution in [0.4, 0.5) is 5.69 Å². The van der Waals surface area contributed by atoms with Crippen molar-refractivity contribution in [2.45, 2.75) is 45.2 Å². The first-order valence-corrected chi connectivity index (χ1v) is 8.27. The molecule has 0 spiro atoms. The fourth-order valence-electron chi connectivity index (χ4n) is 3.04. The molecule has 0 aliphatic carbocycles. The highest BCUT2D eigenvalue weighted by Crippen LogP contribution is 2.17. The van der Waals surface area contributed by atoms with Crippen LogP contribution in [0.1, 0.15) is 44.0 Å². The maximum Gasteiger partial charge on any atom is 0.241 e. The molecule has 24 heavy (non-hydrogen) atoms. The number of carbonyl (C=O) groups is 1. The smallest absolute Gasteiger partial charge is 0.241 e. The monoisotopic (exact) mass is 348 g/mol. The molecule has 1 amide bonds. The van der Waals surface area contributed by atoms with Gasteiger partial charge in [0, 0.05) is 30.5 Å². The molecule has 1 unspecified atom stereocenters. The molecule has 1 aromatic heterocycles. The summed E-state index contributed by atoms with van der Waals surface area (Å²) >= 11 is 0. The number of benzene rings is 1. The van der Waals surface area contributed by atoms with Gasteiger partial charge in [0.15, 0.2) is 0 Å². The molecule has 0 saturated carbocycles. The molecule has 0 bridgehead atoms. The maximum atomic E-state index is 12.2. The number of nitrogens with zero attached hydrogens (tertiary/aromatic N) is 2. The molecule has 1 aromatic carbocycles. The zero-order valence-corrected chi connectivity index (χ0v) is 15.0. The first-order valence-electron chi connectivity index (χ1n) is 8.27. The van der Waals surface area contributed by atoms with Gasteiger partial charge in [-0.25, -0.2) is 4.98 Å². The van der Waals surface area contributed by atoms with E-state index >= 15 is 0 Å². The highest BCUT2D eigenvalue weighted by molar-refractivity contribution is 5.95. The fraction of sp³-hybridized carbons (Fsp3) is 0.444. The van der Waals surface area contributed by atoms with E-state index in [9.17, 15) is 4.79 Å². The minimum atomic E-state index is -0.0557. The van der Waals surface area contributed by atoms with Crippen LogP contribution in [0.2, 0.25) is 0 Å². The summed E-state index contributed by atoms with van der Waals surface area (Å²) in [5.41, 5.74) is 2.01. The minimum absolute atomic E-state index is 0. The molecule has 6 heteroatoms. The Morgan fingerprint density at radius 2 is 2.29 bits per heavy atom. The van der Waals surface area contributed by atoms with E-state index in [1.807, 2.05) is 30.6 Å². The Hall–Kier alpha value is -1.85. The molecule has 2 N–H and O–H groups in total. The van der Waals surface area contributed by atoms with Gasteiger partial charge in [-0.05, 0) is 37.1 Å². The quantitative estimate of drug-likeness (QED) is 0.872. The molecule has 1 aliphatic rings. The van der Waals surface area contributed by atoms with E-state index in [0.717, 1.165) is 43.0 Å². The van der Waals surface area contributed by atoms with E-state index in [-0.39, 0.29) is 24.4 Å². The van der Waals surface area contributed by atoms with E-state index in [1.54, 1.807) is 0 Å². The Labute approximate surface area is 149 Å². The van der Waals surface area contributed by atoms with Crippen molar-refractivity contribution in [1.82, 2.24) is 14.9 Å². The third kappa shape index (κ3) is 4.36. The van der Waals surface area contributed by atoms with Crippen molar-refractivity contribution in [2.24, 2.45) is 0 Å². The third-order valence-corrected chi connectivity index (χ3v) is 4.19. The lowest BCUT2D eigenvalue weighted by Gasteiger charge is -2.13. The van der Waals surface area contributed by atoms with Crippen molar-refractivity contribution in [1.29, 1.82) is 0 Å². The predicted octanol–water partition coefficient (Wildman–Crippen LogP) is 3.17. The Kier molecular flexibility index (Phi) is 6.40. The second-order valence-electron chi connectivity index (χ2n) is 6.41. The first-order chi connectivity index (χ1) is 11.1. The summed E-state index contributed by atoms with van der Waals surface area (Å²) in [6.45, 7) is 5.98. The molecule has 5 nitrogen and oxygen atoms in total. The predicted molar refractivity (Wildman–Crippen MR) is 98.8 cm³/mol. The second kappa shape index (κ2) is 8.31. The summed E-state index contributed by atoms with van der Waals surface area (Å²) in [4.78, 5) is 16.6. The van der Waals surface area contributed by atoms with Crippen molar-refractivity contribution in [3.63, 3.8) is 0 Å². The molecule has 130 valence electrons. The van der Waals surface area contributed by atoms with Crippen molar-refractivity contribution in [3.8, 4) is 0 Å². The van der Waals surface area contributed by atoms with Crippen LogP contribution in [-0.4, -0.2) is 28.0 Å². The van der Waals surface area contributed by atoms with E-state index in [2.05, 4.69) is 40.1 Å². The number of nitrogens with one attached hydrogen (secondary N) is 2. The summed E-state index contributed by atoms with van der Waals surface area (Å²) in [6.07, 6.45) is 5.82. The van der Waals surface area contributed by atoms with Crippen LogP contribution < -0.4 is 10.6 Å². The van der Waals surface area contributed by atoms with Gasteiger partial charge in [-0.1, -0.05) is 26.0 Å². The third-order valence-electron chi connectivity index (χ3n) is 4.19. The van der Waals surface area contributed by atoms with E-state index in [0.29, 0.717) is 5.92 Å². The van der Waals surface area contributed by atoms with E-state index in [1.165, 1.54) is 0 Å². The Bertz CT molecular complexity index is 677. The van der Waals surface area contributed by atoms with Gasteiger partial charge in [0.2, 0.25) is 5.91 Å². The van der Waals surface area contributed by atoms with Crippen molar-refractivity contribution in [3.05, 3.63) is 48.0 Å².